The first kappa shape index (κ1) is 13.8. The molecule has 0 aliphatic rings. The minimum absolute atomic E-state index is 0.175. The standard InChI is InChI=1S/C13H11BrN2O2S/c1-7-6-10(19-11(7)14)13(18)16-9-4-2-8(3-5-9)12(15)17/h2-6H,1H3,(H2,15,17)(H,16,18). The summed E-state index contributed by atoms with van der Waals surface area (Å²) in [4.78, 5) is 23.5. The number of nitrogens with one attached hydrogen (secondary N) is 1. The largest absolute Gasteiger partial charge is 0.366 e. The van der Waals surface area contributed by atoms with Crippen LogP contribution in [0.2, 0.25) is 0 Å². The molecule has 3 N–H and O–H groups in total. The Kier molecular flexibility index (Phi) is 4.01. The minimum atomic E-state index is -0.490. The van der Waals surface area contributed by atoms with Gasteiger partial charge in [-0.2, -0.15) is 0 Å². The molecule has 0 saturated heterocycles. The van der Waals surface area contributed by atoms with Crippen LogP contribution in [-0.4, -0.2) is 11.8 Å². The molecule has 0 radical (unpaired) electrons. The number of aryl methyl sites for hydroxylation is 1. The summed E-state index contributed by atoms with van der Waals surface area (Å²) in [6, 6.07) is 8.27. The normalized spacial score (nSPS) is 10.2. The van der Waals surface area contributed by atoms with E-state index >= 15 is 0 Å². The Hall–Kier alpha value is -1.66. The molecule has 0 saturated carbocycles. The van der Waals surface area contributed by atoms with Gasteiger partial charge in [0.15, 0.2) is 0 Å². The molecule has 2 rings (SSSR count). The Balaban J connectivity index is 2.12. The number of hydrogen-bond acceptors (Lipinski definition) is 3. The van der Waals surface area contributed by atoms with Crippen molar-refractivity contribution in [1.29, 1.82) is 0 Å². The van der Waals surface area contributed by atoms with Crippen molar-refractivity contribution in [3.63, 3.8) is 0 Å². The van der Waals surface area contributed by atoms with E-state index in [4.69, 9.17) is 5.73 Å². The summed E-state index contributed by atoms with van der Waals surface area (Å²) in [6.45, 7) is 1.93. The van der Waals surface area contributed by atoms with Gasteiger partial charge >= 0.3 is 0 Å². The zero-order valence-corrected chi connectivity index (χ0v) is 12.5. The number of carbonyl (C=O) groups is 2. The van der Waals surface area contributed by atoms with Crippen molar-refractivity contribution in [2.24, 2.45) is 5.73 Å². The van der Waals surface area contributed by atoms with Gasteiger partial charge in [-0.25, -0.2) is 0 Å². The maximum atomic E-state index is 12.0. The molecule has 2 amide bonds. The maximum absolute atomic E-state index is 12.0. The molecule has 6 heteroatoms. The summed E-state index contributed by atoms with van der Waals surface area (Å²) in [6.07, 6.45) is 0. The molecule has 1 aromatic carbocycles. The van der Waals surface area contributed by atoms with Crippen molar-refractivity contribution < 1.29 is 9.59 Å². The van der Waals surface area contributed by atoms with E-state index in [0.29, 0.717) is 16.1 Å². The number of rotatable bonds is 3. The van der Waals surface area contributed by atoms with E-state index in [1.165, 1.54) is 11.3 Å². The fraction of sp³-hybridized carbons (Fsp3) is 0.0769. The van der Waals surface area contributed by atoms with Crippen LogP contribution < -0.4 is 11.1 Å². The number of benzene rings is 1. The summed E-state index contributed by atoms with van der Waals surface area (Å²) in [7, 11) is 0. The fourth-order valence-electron chi connectivity index (χ4n) is 1.48. The second-order valence-corrected chi connectivity index (χ2v) is 6.33. The van der Waals surface area contributed by atoms with Crippen molar-refractivity contribution in [2.75, 3.05) is 5.32 Å². The van der Waals surface area contributed by atoms with E-state index in [1.54, 1.807) is 24.3 Å². The molecule has 1 heterocycles. The summed E-state index contributed by atoms with van der Waals surface area (Å²) in [5.74, 6) is -0.665. The number of halogens is 1. The van der Waals surface area contributed by atoms with Gasteiger partial charge in [-0.1, -0.05) is 0 Å². The third-order valence-electron chi connectivity index (χ3n) is 2.51. The topological polar surface area (TPSA) is 72.2 Å². The molecule has 98 valence electrons. The second kappa shape index (κ2) is 5.54. The zero-order chi connectivity index (χ0) is 14.0. The number of carbonyl (C=O) groups excluding carboxylic acids is 2. The molecular weight excluding hydrogens is 328 g/mol. The van der Waals surface area contributed by atoms with Gasteiger partial charge in [0.05, 0.1) is 8.66 Å². The van der Waals surface area contributed by atoms with Gasteiger partial charge in [-0.15, -0.1) is 11.3 Å². The van der Waals surface area contributed by atoms with Crippen LogP contribution in [-0.2, 0) is 0 Å². The van der Waals surface area contributed by atoms with Crippen molar-refractivity contribution >= 4 is 44.8 Å². The predicted molar refractivity (Wildman–Crippen MR) is 79.7 cm³/mol. The van der Waals surface area contributed by atoms with Gasteiger partial charge < -0.3 is 11.1 Å². The number of hydrogen-bond donors (Lipinski definition) is 2. The van der Waals surface area contributed by atoms with Crippen molar-refractivity contribution in [3.8, 4) is 0 Å². The first-order valence-electron chi connectivity index (χ1n) is 5.44. The molecule has 0 fully saturated rings. The van der Waals surface area contributed by atoms with Gasteiger partial charge in [-0.3, -0.25) is 9.59 Å². The van der Waals surface area contributed by atoms with Crippen molar-refractivity contribution in [1.82, 2.24) is 0 Å². The zero-order valence-electron chi connectivity index (χ0n) is 10.1. The van der Waals surface area contributed by atoms with E-state index in [1.807, 2.05) is 13.0 Å². The highest BCUT2D eigenvalue weighted by Gasteiger charge is 2.11. The second-order valence-electron chi connectivity index (χ2n) is 3.96. The Morgan fingerprint density at radius 3 is 2.37 bits per heavy atom. The molecule has 0 spiro atoms. The van der Waals surface area contributed by atoms with Crippen LogP contribution in [0.5, 0.6) is 0 Å². The van der Waals surface area contributed by atoms with Gasteiger partial charge in [0.25, 0.3) is 5.91 Å². The lowest BCUT2D eigenvalue weighted by Crippen LogP contribution is -2.12. The third-order valence-corrected chi connectivity index (χ3v) is 4.64. The van der Waals surface area contributed by atoms with Crippen LogP contribution in [0.3, 0.4) is 0 Å². The maximum Gasteiger partial charge on any atom is 0.265 e. The van der Waals surface area contributed by atoms with E-state index in [0.717, 1.165) is 9.35 Å². The number of amides is 2. The molecule has 19 heavy (non-hydrogen) atoms. The smallest absolute Gasteiger partial charge is 0.265 e. The van der Waals surface area contributed by atoms with Crippen LogP contribution in [0.4, 0.5) is 5.69 Å². The summed E-state index contributed by atoms with van der Waals surface area (Å²) in [5, 5.41) is 2.76. The van der Waals surface area contributed by atoms with Crippen LogP contribution in [0.25, 0.3) is 0 Å². The highest BCUT2D eigenvalue weighted by Crippen LogP contribution is 2.27. The summed E-state index contributed by atoms with van der Waals surface area (Å²) >= 11 is 4.76. The highest BCUT2D eigenvalue weighted by molar-refractivity contribution is 9.11. The lowest BCUT2D eigenvalue weighted by molar-refractivity contribution is 0.0998. The van der Waals surface area contributed by atoms with Gasteiger partial charge in [0.1, 0.15) is 0 Å². The lowest BCUT2D eigenvalue weighted by atomic mass is 10.2. The lowest BCUT2D eigenvalue weighted by Gasteiger charge is -2.03. The fourth-order valence-corrected chi connectivity index (χ4v) is 2.91. The van der Waals surface area contributed by atoms with E-state index in [-0.39, 0.29) is 5.91 Å². The van der Waals surface area contributed by atoms with Crippen molar-refractivity contribution in [2.45, 2.75) is 6.92 Å². The molecule has 0 aliphatic heterocycles. The van der Waals surface area contributed by atoms with Crippen molar-refractivity contribution in [3.05, 3.63) is 50.1 Å². The Bertz CT molecular complexity index is 615. The molecule has 0 bridgehead atoms. The predicted octanol–water partition coefficient (Wildman–Crippen LogP) is 3.17. The summed E-state index contributed by atoms with van der Waals surface area (Å²) < 4.78 is 0.946. The summed E-state index contributed by atoms with van der Waals surface area (Å²) in [5.41, 5.74) is 7.21. The molecular formula is C13H11BrN2O2S. The molecule has 2 aromatic rings. The minimum Gasteiger partial charge on any atom is -0.366 e. The first-order chi connectivity index (χ1) is 8.97. The molecule has 0 aliphatic carbocycles. The SMILES string of the molecule is Cc1cc(C(=O)Nc2ccc(C(N)=O)cc2)sc1Br. The highest BCUT2D eigenvalue weighted by atomic mass is 79.9. The van der Waals surface area contributed by atoms with Crippen LogP contribution in [0.15, 0.2) is 34.1 Å². The van der Waals surface area contributed by atoms with Gasteiger partial charge in [-0.05, 0) is 58.7 Å². The van der Waals surface area contributed by atoms with Crippen LogP contribution in [0, 0.1) is 6.92 Å². The molecule has 4 nitrogen and oxygen atoms in total. The Morgan fingerprint density at radius 2 is 1.89 bits per heavy atom. The van der Waals surface area contributed by atoms with Crippen LogP contribution >= 0.6 is 27.3 Å². The first-order valence-corrected chi connectivity index (χ1v) is 7.05. The number of anilines is 1. The molecule has 0 unspecified atom stereocenters. The van der Waals surface area contributed by atoms with Gasteiger partial charge in [0.2, 0.25) is 5.91 Å². The number of primary amides is 1. The van der Waals surface area contributed by atoms with E-state index in [2.05, 4.69) is 21.2 Å². The molecule has 0 atom stereocenters. The number of nitrogens with two attached hydrogens (primary N) is 1. The van der Waals surface area contributed by atoms with Gasteiger partial charge in [0, 0.05) is 11.3 Å². The molecule has 1 aromatic heterocycles. The average Bonchev–Trinajstić information content (AvgIpc) is 2.70. The Labute approximate surface area is 122 Å². The Morgan fingerprint density at radius 1 is 1.26 bits per heavy atom. The third kappa shape index (κ3) is 3.21. The van der Waals surface area contributed by atoms with E-state index in [9.17, 15) is 9.59 Å². The average molecular weight is 339 g/mol. The van der Waals surface area contributed by atoms with Crippen LogP contribution in [0.1, 0.15) is 25.6 Å². The quantitative estimate of drug-likeness (QED) is 0.902. The monoisotopic (exact) mass is 338 g/mol. The number of thiophene rings is 1. The van der Waals surface area contributed by atoms with E-state index < -0.39 is 5.91 Å².